The molecule has 1 aliphatic rings. The zero-order chi connectivity index (χ0) is 18.7. The van der Waals surface area contributed by atoms with Crippen molar-refractivity contribution in [1.82, 2.24) is 4.72 Å². The lowest BCUT2D eigenvalue weighted by Gasteiger charge is -2.32. The lowest BCUT2D eigenvalue weighted by molar-refractivity contribution is -0.129. The van der Waals surface area contributed by atoms with Crippen LogP contribution in [0.5, 0.6) is 0 Å². The van der Waals surface area contributed by atoms with Crippen LogP contribution in [0.25, 0.3) is 0 Å². The van der Waals surface area contributed by atoms with E-state index in [-0.39, 0.29) is 36.1 Å². The summed E-state index contributed by atoms with van der Waals surface area (Å²) < 4.78 is 46.0. The van der Waals surface area contributed by atoms with Crippen LogP contribution in [0.3, 0.4) is 0 Å². The third-order valence-corrected chi connectivity index (χ3v) is 5.56. The number of halogens is 1. The summed E-state index contributed by atoms with van der Waals surface area (Å²) in [5.41, 5.74) is 0.991. The number of amides is 1. The molecular weight excluding hydrogens is 359 g/mol. The monoisotopic (exact) mass is 378 g/mol. The van der Waals surface area contributed by atoms with Crippen molar-refractivity contribution in [2.24, 2.45) is 0 Å². The standard InChI is InChI=1S/C18H19FN2O4S/c1-13-9-16(7-8-17(13)19)26(23,24)20-10-15-11-21(18(22)12-25-15)14-5-3-2-4-6-14/h2-9,15,20H,10-12H2,1H3. The average molecular weight is 378 g/mol. The molecule has 1 atom stereocenters. The van der Waals surface area contributed by atoms with Gasteiger partial charge in [-0.3, -0.25) is 4.79 Å². The maximum absolute atomic E-state index is 13.3. The molecule has 0 radical (unpaired) electrons. The summed E-state index contributed by atoms with van der Waals surface area (Å²) in [5, 5.41) is 0. The van der Waals surface area contributed by atoms with Gasteiger partial charge >= 0.3 is 0 Å². The Balaban J connectivity index is 1.67. The van der Waals surface area contributed by atoms with Crippen molar-refractivity contribution >= 4 is 21.6 Å². The second-order valence-corrected chi connectivity index (χ2v) is 7.80. The van der Waals surface area contributed by atoms with Gasteiger partial charge in [0.2, 0.25) is 10.0 Å². The van der Waals surface area contributed by atoms with Crippen molar-refractivity contribution in [1.29, 1.82) is 0 Å². The van der Waals surface area contributed by atoms with Crippen LogP contribution in [-0.2, 0) is 19.6 Å². The van der Waals surface area contributed by atoms with Crippen LogP contribution < -0.4 is 9.62 Å². The van der Waals surface area contributed by atoms with E-state index in [1.165, 1.54) is 19.1 Å². The Hall–Kier alpha value is -2.29. The molecule has 0 spiro atoms. The van der Waals surface area contributed by atoms with E-state index in [0.717, 1.165) is 11.8 Å². The Kier molecular flexibility index (Phi) is 5.36. The van der Waals surface area contributed by atoms with E-state index < -0.39 is 21.9 Å². The van der Waals surface area contributed by atoms with Crippen LogP contribution >= 0.6 is 0 Å². The SMILES string of the molecule is Cc1cc(S(=O)(=O)NCC2CN(c3ccccc3)C(=O)CO2)ccc1F. The zero-order valence-electron chi connectivity index (χ0n) is 14.2. The molecule has 1 heterocycles. The van der Waals surface area contributed by atoms with Gasteiger partial charge in [0.25, 0.3) is 5.91 Å². The number of nitrogens with one attached hydrogen (secondary N) is 1. The van der Waals surface area contributed by atoms with Crippen molar-refractivity contribution < 1.29 is 22.3 Å². The molecule has 138 valence electrons. The molecule has 26 heavy (non-hydrogen) atoms. The number of benzene rings is 2. The van der Waals surface area contributed by atoms with Crippen molar-refractivity contribution in [2.45, 2.75) is 17.9 Å². The van der Waals surface area contributed by atoms with E-state index >= 15 is 0 Å². The predicted octanol–water partition coefficient (Wildman–Crippen LogP) is 1.84. The number of sulfonamides is 1. The topological polar surface area (TPSA) is 75.7 Å². The fourth-order valence-electron chi connectivity index (χ4n) is 2.68. The molecule has 1 saturated heterocycles. The fourth-order valence-corrected chi connectivity index (χ4v) is 3.83. The molecule has 1 amide bonds. The summed E-state index contributed by atoms with van der Waals surface area (Å²) in [7, 11) is -3.79. The quantitative estimate of drug-likeness (QED) is 0.862. The van der Waals surface area contributed by atoms with Gasteiger partial charge in [0.05, 0.1) is 17.5 Å². The number of morpholine rings is 1. The van der Waals surface area contributed by atoms with E-state index in [0.29, 0.717) is 0 Å². The first-order valence-corrected chi connectivity index (χ1v) is 9.58. The molecule has 1 unspecified atom stereocenters. The van der Waals surface area contributed by atoms with Crippen molar-refractivity contribution in [3.05, 3.63) is 59.9 Å². The number of hydrogen-bond acceptors (Lipinski definition) is 4. The van der Waals surface area contributed by atoms with E-state index in [2.05, 4.69) is 4.72 Å². The van der Waals surface area contributed by atoms with Crippen molar-refractivity contribution in [3.63, 3.8) is 0 Å². The smallest absolute Gasteiger partial charge is 0.253 e. The third-order valence-electron chi connectivity index (χ3n) is 4.14. The first kappa shape index (κ1) is 18.5. The minimum Gasteiger partial charge on any atom is -0.365 e. The fraction of sp³-hybridized carbons (Fsp3) is 0.278. The summed E-state index contributed by atoms with van der Waals surface area (Å²) in [5.74, 6) is -0.638. The minimum atomic E-state index is -3.79. The van der Waals surface area contributed by atoms with Gasteiger partial charge in [-0.15, -0.1) is 0 Å². The number of carbonyl (C=O) groups excluding carboxylic acids is 1. The summed E-state index contributed by atoms with van der Waals surface area (Å²) >= 11 is 0. The molecule has 1 aliphatic heterocycles. The lowest BCUT2D eigenvalue weighted by Crippen LogP contribution is -2.50. The number of nitrogens with zero attached hydrogens (tertiary/aromatic N) is 1. The van der Waals surface area contributed by atoms with E-state index in [4.69, 9.17) is 4.74 Å². The largest absolute Gasteiger partial charge is 0.365 e. The van der Waals surface area contributed by atoms with E-state index in [9.17, 15) is 17.6 Å². The highest BCUT2D eigenvalue weighted by Crippen LogP contribution is 2.19. The molecule has 1 N–H and O–H groups in total. The van der Waals surface area contributed by atoms with Gasteiger partial charge in [0.15, 0.2) is 0 Å². The molecular formula is C18H19FN2O4S. The summed E-state index contributed by atoms with van der Waals surface area (Å²) in [6, 6.07) is 12.7. The van der Waals surface area contributed by atoms with E-state index in [1.807, 2.05) is 30.3 Å². The Morgan fingerprint density at radius 1 is 1.23 bits per heavy atom. The molecule has 2 aromatic rings. The van der Waals surface area contributed by atoms with Crippen molar-refractivity contribution in [3.8, 4) is 0 Å². The second-order valence-electron chi connectivity index (χ2n) is 6.04. The zero-order valence-corrected chi connectivity index (χ0v) is 15.0. The van der Waals surface area contributed by atoms with Crippen LogP contribution in [0.2, 0.25) is 0 Å². The van der Waals surface area contributed by atoms with Gasteiger partial charge in [-0.2, -0.15) is 0 Å². The van der Waals surface area contributed by atoms with Crippen LogP contribution in [0.15, 0.2) is 53.4 Å². The highest BCUT2D eigenvalue weighted by atomic mass is 32.2. The van der Waals surface area contributed by atoms with Gasteiger partial charge in [-0.1, -0.05) is 18.2 Å². The summed E-state index contributed by atoms with van der Waals surface area (Å²) in [6.07, 6.45) is -0.482. The predicted molar refractivity (Wildman–Crippen MR) is 94.9 cm³/mol. The van der Waals surface area contributed by atoms with Gasteiger partial charge in [0, 0.05) is 12.2 Å². The Labute approximate surface area is 151 Å². The van der Waals surface area contributed by atoms with Gasteiger partial charge in [0.1, 0.15) is 12.4 Å². The highest BCUT2D eigenvalue weighted by molar-refractivity contribution is 7.89. The van der Waals surface area contributed by atoms with Crippen LogP contribution in [0.1, 0.15) is 5.56 Å². The van der Waals surface area contributed by atoms with E-state index in [1.54, 1.807) is 4.90 Å². The molecule has 3 rings (SSSR count). The average Bonchev–Trinajstić information content (AvgIpc) is 2.64. The van der Waals surface area contributed by atoms with Gasteiger partial charge in [-0.05, 0) is 42.8 Å². The minimum absolute atomic E-state index is 0.00930. The van der Waals surface area contributed by atoms with Gasteiger partial charge in [-0.25, -0.2) is 17.5 Å². The molecule has 0 saturated carbocycles. The maximum Gasteiger partial charge on any atom is 0.253 e. The Bertz CT molecular complexity index is 903. The molecule has 0 bridgehead atoms. The third kappa shape index (κ3) is 4.09. The summed E-state index contributed by atoms with van der Waals surface area (Å²) in [4.78, 5) is 13.6. The van der Waals surface area contributed by atoms with Crippen LogP contribution in [0.4, 0.5) is 10.1 Å². The number of hydrogen-bond donors (Lipinski definition) is 1. The first-order chi connectivity index (χ1) is 12.4. The summed E-state index contributed by atoms with van der Waals surface area (Å²) in [6.45, 7) is 1.64. The van der Waals surface area contributed by atoms with Gasteiger partial charge < -0.3 is 9.64 Å². The maximum atomic E-state index is 13.3. The number of para-hydroxylation sites is 1. The Morgan fingerprint density at radius 3 is 2.65 bits per heavy atom. The number of ether oxygens (including phenoxy) is 1. The highest BCUT2D eigenvalue weighted by Gasteiger charge is 2.28. The number of aryl methyl sites for hydroxylation is 1. The van der Waals surface area contributed by atoms with Crippen LogP contribution in [-0.4, -0.2) is 40.1 Å². The molecule has 0 aliphatic carbocycles. The molecule has 8 heteroatoms. The first-order valence-electron chi connectivity index (χ1n) is 8.09. The molecule has 0 aromatic heterocycles. The van der Waals surface area contributed by atoms with Crippen molar-refractivity contribution in [2.75, 3.05) is 24.6 Å². The molecule has 2 aromatic carbocycles. The number of anilines is 1. The lowest BCUT2D eigenvalue weighted by atomic mass is 10.2. The Morgan fingerprint density at radius 2 is 1.96 bits per heavy atom. The molecule has 1 fully saturated rings. The normalized spacial score (nSPS) is 18.2. The second kappa shape index (κ2) is 7.53. The number of rotatable bonds is 5. The number of carbonyl (C=O) groups is 1. The van der Waals surface area contributed by atoms with Crippen LogP contribution in [0, 0.1) is 12.7 Å². The molecule has 6 nitrogen and oxygen atoms in total.